The van der Waals surface area contributed by atoms with Crippen molar-refractivity contribution in [3.8, 4) is 0 Å². The van der Waals surface area contributed by atoms with Gasteiger partial charge < -0.3 is 15.1 Å². The summed E-state index contributed by atoms with van der Waals surface area (Å²) in [7, 11) is 1.61. The third kappa shape index (κ3) is 4.70. The van der Waals surface area contributed by atoms with E-state index >= 15 is 0 Å². The molecular formula is C16H22F2N2O3. The molecule has 1 saturated heterocycles. The lowest BCUT2D eigenvalue weighted by Gasteiger charge is -2.31. The van der Waals surface area contributed by atoms with Crippen LogP contribution >= 0.6 is 0 Å². The minimum absolute atomic E-state index is 0.0449. The molecule has 128 valence electrons. The van der Waals surface area contributed by atoms with Crippen molar-refractivity contribution in [2.75, 3.05) is 33.2 Å². The lowest BCUT2D eigenvalue weighted by molar-refractivity contribution is -0.134. The summed E-state index contributed by atoms with van der Waals surface area (Å²) in [5, 5.41) is 19.5. The van der Waals surface area contributed by atoms with Gasteiger partial charge in [-0.1, -0.05) is 6.07 Å². The molecule has 0 saturated carbocycles. The Balaban J connectivity index is 1.89. The van der Waals surface area contributed by atoms with Crippen molar-refractivity contribution in [3.63, 3.8) is 0 Å². The maximum atomic E-state index is 13.6. The Labute approximate surface area is 134 Å². The number of benzene rings is 1. The number of nitrogens with zero attached hydrogens (tertiary/aromatic N) is 2. The van der Waals surface area contributed by atoms with Crippen LogP contribution in [0.5, 0.6) is 0 Å². The zero-order chi connectivity index (χ0) is 17.0. The molecule has 1 aliphatic heterocycles. The van der Waals surface area contributed by atoms with Crippen LogP contribution in [0.2, 0.25) is 0 Å². The van der Waals surface area contributed by atoms with Gasteiger partial charge in [-0.2, -0.15) is 0 Å². The van der Waals surface area contributed by atoms with E-state index in [1.165, 1.54) is 11.0 Å². The SMILES string of the molecule is CN(CC(=O)N1CCC(O)CC1)CC(O)c1c(F)cccc1F. The van der Waals surface area contributed by atoms with Gasteiger partial charge in [0.25, 0.3) is 0 Å². The predicted octanol–water partition coefficient (Wildman–Crippen LogP) is 0.913. The van der Waals surface area contributed by atoms with E-state index in [4.69, 9.17) is 0 Å². The van der Waals surface area contributed by atoms with Gasteiger partial charge in [-0.15, -0.1) is 0 Å². The molecule has 0 aromatic heterocycles. The van der Waals surface area contributed by atoms with Gasteiger partial charge in [-0.3, -0.25) is 9.69 Å². The predicted molar refractivity (Wildman–Crippen MR) is 80.6 cm³/mol. The van der Waals surface area contributed by atoms with Gasteiger partial charge in [-0.05, 0) is 32.0 Å². The molecule has 1 heterocycles. The Hall–Kier alpha value is -1.57. The van der Waals surface area contributed by atoms with E-state index in [-0.39, 0.29) is 30.7 Å². The molecule has 7 heteroatoms. The summed E-state index contributed by atoms with van der Waals surface area (Å²) in [5.41, 5.74) is -0.382. The van der Waals surface area contributed by atoms with Crippen LogP contribution in [0.4, 0.5) is 8.78 Å². The molecule has 23 heavy (non-hydrogen) atoms. The molecule has 1 aliphatic rings. The molecule has 1 atom stereocenters. The van der Waals surface area contributed by atoms with E-state index in [9.17, 15) is 23.8 Å². The summed E-state index contributed by atoms with van der Waals surface area (Å²) < 4.78 is 27.2. The Morgan fingerprint density at radius 2 is 1.91 bits per heavy atom. The number of carbonyl (C=O) groups is 1. The lowest BCUT2D eigenvalue weighted by atomic mass is 10.1. The number of rotatable bonds is 5. The van der Waals surface area contributed by atoms with Gasteiger partial charge in [0.05, 0.1) is 24.3 Å². The van der Waals surface area contributed by atoms with Crippen LogP contribution < -0.4 is 0 Å². The van der Waals surface area contributed by atoms with E-state index in [0.717, 1.165) is 12.1 Å². The first-order valence-corrected chi connectivity index (χ1v) is 7.65. The van der Waals surface area contributed by atoms with Gasteiger partial charge in [0.2, 0.25) is 5.91 Å². The molecule has 1 unspecified atom stereocenters. The molecule has 0 radical (unpaired) electrons. The molecule has 0 aliphatic carbocycles. The molecular weight excluding hydrogens is 306 g/mol. The lowest BCUT2D eigenvalue weighted by Crippen LogP contribution is -2.45. The van der Waals surface area contributed by atoms with Gasteiger partial charge in [-0.25, -0.2) is 8.78 Å². The quantitative estimate of drug-likeness (QED) is 0.843. The van der Waals surface area contributed by atoms with E-state index in [1.807, 2.05) is 0 Å². The number of carbonyl (C=O) groups excluding carboxylic acids is 1. The summed E-state index contributed by atoms with van der Waals surface area (Å²) in [6.07, 6.45) is -0.600. The summed E-state index contributed by atoms with van der Waals surface area (Å²) >= 11 is 0. The van der Waals surface area contributed by atoms with Crippen LogP contribution in [0.15, 0.2) is 18.2 Å². The molecule has 1 aromatic rings. The van der Waals surface area contributed by atoms with Crippen LogP contribution in [0.3, 0.4) is 0 Å². The van der Waals surface area contributed by atoms with Crippen LogP contribution in [-0.2, 0) is 4.79 Å². The zero-order valence-corrected chi connectivity index (χ0v) is 13.1. The third-order valence-electron chi connectivity index (χ3n) is 4.04. The number of piperidine rings is 1. The van der Waals surface area contributed by atoms with Crippen molar-refractivity contribution in [1.29, 1.82) is 0 Å². The van der Waals surface area contributed by atoms with E-state index < -0.39 is 17.7 Å². The second kappa shape index (κ2) is 7.81. The second-order valence-corrected chi connectivity index (χ2v) is 5.96. The second-order valence-electron chi connectivity index (χ2n) is 5.96. The number of hydrogen-bond acceptors (Lipinski definition) is 4. The van der Waals surface area contributed by atoms with Gasteiger partial charge >= 0.3 is 0 Å². The third-order valence-corrected chi connectivity index (χ3v) is 4.04. The molecule has 5 nitrogen and oxygen atoms in total. The number of amides is 1. The van der Waals surface area contributed by atoms with Crippen molar-refractivity contribution in [3.05, 3.63) is 35.4 Å². The van der Waals surface area contributed by atoms with Crippen molar-refractivity contribution in [1.82, 2.24) is 9.80 Å². The normalized spacial score (nSPS) is 17.6. The summed E-state index contributed by atoms with van der Waals surface area (Å²) in [4.78, 5) is 15.3. The van der Waals surface area contributed by atoms with E-state index in [1.54, 1.807) is 11.9 Å². The number of likely N-dealkylation sites (tertiary alicyclic amines) is 1. The first kappa shape index (κ1) is 17.8. The highest BCUT2D eigenvalue weighted by molar-refractivity contribution is 5.78. The van der Waals surface area contributed by atoms with Crippen LogP contribution in [0.25, 0.3) is 0 Å². The molecule has 2 rings (SSSR count). The van der Waals surface area contributed by atoms with Crippen LogP contribution in [0, 0.1) is 11.6 Å². The Morgan fingerprint density at radius 3 is 2.48 bits per heavy atom. The number of likely N-dealkylation sites (N-methyl/N-ethyl adjacent to an activating group) is 1. The van der Waals surface area contributed by atoms with E-state index in [2.05, 4.69) is 0 Å². The number of hydrogen-bond donors (Lipinski definition) is 2. The van der Waals surface area contributed by atoms with Crippen molar-refractivity contribution >= 4 is 5.91 Å². The number of aliphatic hydroxyl groups excluding tert-OH is 2. The molecule has 1 fully saturated rings. The molecule has 1 aromatic carbocycles. The highest BCUT2D eigenvalue weighted by atomic mass is 19.1. The maximum Gasteiger partial charge on any atom is 0.236 e. The average molecular weight is 328 g/mol. The van der Waals surface area contributed by atoms with E-state index in [0.29, 0.717) is 25.9 Å². The summed E-state index contributed by atoms with van der Waals surface area (Å²) in [6.45, 7) is 0.986. The Kier molecular flexibility index (Phi) is 6.04. The van der Waals surface area contributed by atoms with Gasteiger partial charge in [0.15, 0.2) is 0 Å². The molecule has 1 amide bonds. The highest BCUT2D eigenvalue weighted by Gasteiger charge is 2.24. The van der Waals surface area contributed by atoms with Crippen molar-refractivity contribution in [2.45, 2.75) is 25.0 Å². The largest absolute Gasteiger partial charge is 0.393 e. The standard InChI is InChI=1S/C16H22F2N2O3/c1-19(10-15(23)20-7-5-11(21)6-8-20)9-14(22)16-12(17)3-2-4-13(16)18/h2-4,11,14,21-22H,5-10H2,1H3. The Bertz CT molecular complexity index is 528. The molecule has 0 bridgehead atoms. The molecule has 2 N–H and O–H groups in total. The fraction of sp³-hybridized carbons (Fsp3) is 0.562. The van der Waals surface area contributed by atoms with Gasteiger partial charge in [0, 0.05) is 19.6 Å². The maximum absolute atomic E-state index is 13.6. The fourth-order valence-electron chi connectivity index (χ4n) is 2.73. The number of aliphatic hydroxyl groups is 2. The van der Waals surface area contributed by atoms with Crippen molar-refractivity contribution < 1.29 is 23.8 Å². The smallest absolute Gasteiger partial charge is 0.236 e. The monoisotopic (exact) mass is 328 g/mol. The minimum Gasteiger partial charge on any atom is -0.393 e. The first-order valence-electron chi connectivity index (χ1n) is 7.65. The van der Waals surface area contributed by atoms with Crippen LogP contribution in [-0.4, -0.2) is 65.3 Å². The fourth-order valence-corrected chi connectivity index (χ4v) is 2.73. The summed E-state index contributed by atoms with van der Waals surface area (Å²) in [5.74, 6) is -1.73. The highest BCUT2D eigenvalue weighted by Crippen LogP contribution is 2.21. The molecule has 0 spiro atoms. The van der Waals surface area contributed by atoms with Crippen LogP contribution in [0.1, 0.15) is 24.5 Å². The average Bonchev–Trinajstić information content (AvgIpc) is 2.47. The topological polar surface area (TPSA) is 64.0 Å². The van der Waals surface area contributed by atoms with Gasteiger partial charge in [0.1, 0.15) is 11.6 Å². The first-order chi connectivity index (χ1) is 10.9. The summed E-state index contributed by atoms with van der Waals surface area (Å²) in [6, 6.07) is 3.41. The zero-order valence-electron chi connectivity index (χ0n) is 13.1. The van der Waals surface area contributed by atoms with Crippen molar-refractivity contribution in [2.24, 2.45) is 0 Å². The minimum atomic E-state index is -1.35. The number of halogens is 2. The Morgan fingerprint density at radius 1 is 1.35 bits per heavy atom.